The maximum atomic E-state index is 11.9. The Labute approximate surface area is 338 Å². The molecule has 8 bridgehead atoms. The van der Waals surface area contributed by atoms with E-state index in [1.807, 2.05) is 77.5 Å². The number of benzene rings is 4. The van der Waals surface area contributed by atoms with Crippen LogP contribution in [-0.2, 0) is 16.7 Å². The molecule has 0 amide bonds. The van der Waals surface area contributed by atoms with Gasteiger partial charge >= 0.3 is 0 Å². The number of hydrogen-bond donors (Lipinski definition) is 6. The van der Waals surface area contributed by atoms with E-state index in [0.29, 0.717) is 89.3 Å². The summed E-state index contributed by atoms with van der Waals surface area (Å²) in [6, 6.07) is 33.3. The van der Waals surface area contributed by atoms with E-state index in [4.69, 9.17) is 9.98 Å². The molecule has 6 N–H and O–H groups in total. The van der Waals surface area contributed by atoms with E-state index < -0.39 is 15.9 Å². The molecule has 4 aromatic carbocycles. The molecule has 292 valence electrons. The number of aromatic hydroxyl groups is 4. The number of H-pyrrole nitrogens is 1. The molecule has 0 spiro atoms. The van der Waals surface area contributed by atoms with Gasteiger partial charge in [-0.25, -0.2) is 9.98 Å². The van der Waals surface area contributed by atoms with Crippen molar-refractivity contribution in [2.45, 2.75) is 13.0 Å². The third kappa shape index (κ3) is 7.45. The van der Waals surface area contributed by atoms with Crippen molar-refractivity contribution in [3.8, 4) is 23.0 Å². The van der Waals surface area contributed by atoms with Crippen LogP contribution in [0.15, 0.2) is 167 Å². The zero-order valence-corrected chi connectivity index (χ0v) is 32.1. The van der Waals surface area contributed by atoms with Crippen LogP contribution in [0.4, 0.5) is 0 Å². The van der Waals surface area contributed by atoms with Crippen molar-refractivity contribution < 1.29 is 33.4 Å². The quantitative estimate of drug-likeness (QED) is 0.0943. The molecule has 0 fully saturated rings. The number of aromatic nitrogens is 2. The molecule has 12 heteroatoms. The number of fused-ring (bicyclic) bond motifs is 6. The number of nitrogens with zero attached hydrogens (tertiary/aromatic N) is 3. The molecular formula is C47H36N4O7S. The van der Waals surface area contributed by atoms with Crippen LogP contribution >= 0.6 is 0 Å². The number of allylic oxidation sites excluding steroid dienone is 5. The molecule has 9 rings (SSSR count). The number of hydrogen-bond acceptors (Lipinski definition) is 8. The van der Waals surface area contributed by atoms with Crippen LogP contribution in [0.2, 0.25) is 0 Å². The summed E-state index contributed by atoms with van der Waals surface area (Å²) < 4.78 is 35.5. The number of aromatic amines is 1. The summed E-state index contributed by atoms with van der Waals surface area (Å²) in [5.74, 6) is -0.235. The van der Waals surface area contributed by atoms with Crippen LogP contribution < -0.4 is 10.7 Å². The Hall–Kier alpha value is -7.41. The fourth-order valence-corrected chi connectivity index (χ4v) is 8.34. The minimum absolute atomic E-state index is 0.0314. The topological polar surface area (TPSA) is 181 Å². The molecule has 3 aliphatic heterocycles. The predicted octanol–water partition coefficient (Wildman–Crippen LogP) is 6.57. The third-order valence-corrected chi connectivity index (χ3v) is 11.1. The van der Waals surface area contributed by atoms with Gasteiger partial charge in [0.1, 0.15) is 23.0 Å². The molecule has 59 heavy (non-hydrogen) atoms. The molecule has 0 aliphatic carbocycles. The van der Waals surface area contributed by atoms with Crippen LogP contribution in [0.3, 0.4) is 0 Å². The van der Waals surface area contributed by atoms with Crippen molar-refractivity contribution in [1.29, 1.82) is 0 Å². The van der Waals surface area contributed by atoms with Gasteiger partial charge in [-0.15, -0.1) is 0 Å². The first-order valence-electron chi connectivity index (χ1n) is 18.8. The fourth-order valence-electron chi connectivity index (χ4n) is 7.85. The van der Waals surface area contributed by atoms with Crippen LogP contribution in [0.5, 0.6) is 23.0 Å². The van der Waals surface area contributed by atoms with E-state index in [9.17, 15) is 33.4 Å². The van der Waals surface area contributed by atoms with E-state index in [-0.39, 0.29) is 36.0 Å². The summed E-state index contributed by atoms with van der Waals surface area (Å²) in [6.45, 7) is 0.185. The zero-order valence-electron chi connectivity index (χ0n) is 31.3. The van der Waals surface area contributed by atoms with Gasteiger partial charge in [0, 0.05) is 51.3 Å². The predicted molar refractivity (Wildman–Crippen MR) is 228 cm³/mol. The summed E-state index contributed by atoms with van der Waals surface area (Å²) in [5, 5.41) is 44.2. The Bertz CT molecular complexity index is 3160. The van der Waals surface area contributed by atoms with Crippen LogP contribution in [-0.4, -0.2) is 60.1 Å². The lowest BCUT2D eigenvalue weighted by Crippen LogP contribution is -2.19. The summed E-state index contributed by atoms with van der Waals surface area (Å²) in [6.07, 6.45) is 9.53. The normalized spacial score (nSPS) is 15.0. The number of nitrogens with one attached hydrogen (secondary N) is 1. The average molecular weight is 801 g/mol. The molecular weight excluding hydrogens is 765 g/mol. The van der Waals surface area contributed by atoms with E-state index in [1.54, 1.807) is 72.8 Å². The molecule has 5 heterocycles. The Kier molecular flexibility index (Phi) is 9.35. The minimum Gasteiger partial charge on any atom is -0.508 e. The first-order valence-corrected chi connectivity index (χ1v) is 20.4. The van der Waals surface area contributed by atoms with Crippen molar-refractivity contribution in [2.75, 3.05) is 5.75 Å². The van der Waals surface area contributed by atoms with Crippen LogP contribution in [0.1, 0.15) is 39.9 Å². The number of aryl methyl sites for hydroxylation is 1. The molecule has 0 unspecified atom stereocenters. The highest BCUT2D eigenvalue weighted by molar-refractivity contribution is 7.85. The highest BCUT2D eigenvalue weighted by Gasteiger charge is 2.26. The largest absolute Gasteiger partial charge is 0.508 e. The van der Waals surface area contributed by atoms with Gasteiger partial charge in [-0.1, -0.05) is 48.5 Å². The van der Waals surface area contributed by atoms with Crippen molar-refractivity contribution >= 4 is 43.8 Å². The molecule has 6 aromatic rings. The van der Waals surface area contributed by atoms with Crippen molar-refractivity contribution in [3.63, 3.8) is 0 Å². The zero-order chi connectivity index (χ0) is 40.8. The second kappa shape index (κ2) is 14.8. The summed E-state index contributed by atoms with van der Waals surface area (Å²) >= 11 is 0. The molecule has 2 aromatic heterocycles. The van der Waals surface area contributed by atoms with Crippen molar-refractivity contribution in [3.05, 3.63) is 201 Å². The van der Waals surface area contributed by atoms with Gasteiger partial charge in [0.2, 0.25) is 0 Å². The van der Waals surface area contributed by atoms with Gasteiger partial charge in [-0.3, -0.25) is 4.55 Å². The summed E-state index contributed by atoms with van der Waals surface area (Å²) in [5.41, 5.74) is 9.01. The SMILES string of the molecule is O=S(=O)(O)CCCn1cc2cc1C(c1cccc(O)c1)=C1C=CC(=N1)C(c1cccc(O)c1)=C1C=CC(=N1)C(c1cccc(O)c1)=c1ccc([nH]1)=C2c1cccc(O)c1. The number of rotatable bonds is 8. The maximum absolute atomic E-state index is 11.9. The highest BCUT2D eigenvalue weighted by atomic mass is 32.2. The summed E-state index contributed by atoms with van der Waals surface area (Å²) in [7, 11) is -4.27. The fraction of sp³-hybridized carbons (Fsp3) is 0.0638. The Morgan fingerprint density at radius 2 is 0.983 bits per heavy atom. The third-order valence-electron chi connectivity index (χ3n) is 10.3. The Morgan fingerprint density at radius 1 is 0.525 bits per heavy atom. The highest BCUT2D eigenvalue weighted by Crippen LogP contribution is 2.38. The first kappa shape index (κ1) is 37.2. The molecule has 0 atom stereocenters. The van der Waals surface area contributed by atoms with Gasteiger partial charge in [0.25, 0.3) is 10.1 Å². The lowest BCUT2D eigenvalue weighted by molar-refractivity contribution is 0.474. The van der Waals surface area contributed by atoms with Crippen LogP contribution in [0.25, 0.3) is 22.3 Å². The Morgan fingerprint density at radius 3 is 1.51 bits per heavy atom. The van der Waals surface area contributed by atoms with Crippen LogP contribution in [0, 0.1) is 0 Å². The van der Waals surface area contributed by atoms with E-state index >= 15 is 0 Å². The van der Waals surface area contributed by atoms with Gasteiger partial charge < -0.3 is 30.0 Å². The molecule has 3 aliphatic rings. The molecule has 0 saturated carbocycles. The average Bonchev–Trinajstić information content (AvgIpc) is 4.02. The number of aliphatic imine (C=N–C) groups is 2. The van der Waals surface area contributed by atoms with Crippen molar-refractivity contribution in [1.82, 2.24) is 9.55 Å². The maximum Gasteiger partial charge on any atom is 0.264 e. The molecule has 0 saturated heterocycles. The molecule has 0 radical (unpaired) electrons. The van der Waals surface area contributed by atoms with Gasteiger partial charge in [0.15, 0.2) is 0 Å². The lowest BCUT2D eigenvalue weighted by Gasteiger charge is -2.15. The van der Waals surface area contributed by atoms with Crippen molar-refractivity contribution in [2.24, 2.45) is 9.98 Å². The number of phenols is 4. The Balaban J connectivity index is 1.43. The molecule has 11 nitrogen and oxygen atoms in total. The van der Waals surface area contributed by atoms with Gasteiger partial charge in [-0.2, -0.15) is 8.42 Å². The summed E-state index contributed by atoms with van der Waals surface area (Å²) in [4.78, 5) is 14.0. The van der Waals surface area contributed by atoms with E-state index in [2.05, 4.69) is 4.98 Å². The lowest BCUT2D eigenvalue weighted by atomic mass is 9.96. The van der Waals surface area contributed by atoms with E-state index in [0.717, 1.165) is 0 Å². The smallest absolute Gasteiger partial charge is 0.264 e. The minimum atomic E-state index is -4.27. The monoisotopic (exact) mass is 800 g/mol. The first-order chi connectivity index (χ1) is 28.5. The van der Waals surface area contributed by atoms with Gasteiger partial charge in [0.05, 0.1) is 34.3 Å². The number of phenolic OH excluding ortho intramolecular Hbond substituents is 4. The standard InChI is InChI=1S/C47H36N4O7S/c52-33-10-1-6-28(22-33)44-32-26-43(51(27-32)20-5-21-59(56,57)58)47(31-9-4-13-36(55)25-31)42-19-18-41(50-42)46(30-8-3-12-35(54)24-30)40-17-16-39(49-40)45(38-15-14-37(44)48-38)29-7-2-11-34(53)23-29/h1-4,6-19,22-27,48,52-55H,5,20-21H2,(H,56,57,58). The second-order valence-electron chi connectivity index (χ2n) is 14.4. The van der Waals surface area contributed by atoms with Gasteiger partial charge in [-0.05, 0) is 120 Å². The van der Waals surface area contributed by atoms with E-state index in [1.165, 1.54) is 0 Å². The second-order valence-corrected chi connectivity index (χ2v) is 15.9.